The molecule has 1 aromatic heterocycles. The number of para-hydroxylation sites is 1. The highest BCUT2D eigenvalue weighted by Gasteiger charge is 2.26. The number of amides is 1. The number of thiazole rings is 1. The van der Waals surface area contributed by atoms with Gasteiger partial charge in [-0.05, 0) is 19.1 Å². The fourth-order valence-corrected chi connectivity index (χ4v) is 3.47. The molecule has 5 nitrogen and oxygen atoms in total. The first kappa shape index (κ1) is 13.3. The van der Waals surface area contributed by atoms with E-state index < -0.39 is 6.04 Å². The lowest BCUT2D eigenvalue weighted by molar-refractivity contribution is -0.138. The Hall–Kier alpha value is -1.66. The van der Waals surface area contributed by atoms with Crippen LogP contribution in [0, 0.1) is 0 Å². The molecule has 3 rings (SSSR count). The first-order chi connectivity index (χ1) is 9.68. The van der Waals surface area contributed by atoms with Crippen LogP contribution in [0.25, 0.3) is 10.2 Å². The van der Waals surface area contributed by atoms with Crippen molar-refractivity contribution in [2.24, 2.45) is 0 Å². The Labute approximate surface area is 120 Å². The first-order valence-electron chi connectivity index (χ1n) is 6.65. The standard InChI is InChI=1S/C14H16N2O3S/c1-10(13(17)15-6-8-19-9-7-15)16-11-4-2-3-5-12(11)20-14(16)18/h2-5,10H,6-9H2,1H3. The van der Waals surface area contributed by atoms with Gasteiger partial charge in [0.15, 0.2) is 0 Å². The number of fused-ring (bicyclic) bond motifs is 1. The molecule has 1 aliphatic rings. The minimum Gasteiger partial charge on any atom is -0.378 e. The molecule has 1 amide bonds. The van der Waals surface area contributed by atoms with Crippen LogP contribution in [0.15, 0.2) is 29.1 Å². The second kappa shape index (κ2) is 5.38. The third kappa shape index (κ3) is 2.25. The molecule has 0 N–H and O–H groups in total. The van der Waals surface area contributed by atoms with Crippen LogP contribution in [0.1, 0.15) is 13.0 Å². The Balaban J connectivity index is 1.95. The zero-order chi connectivity index (χ0) is 14.1. The van der Waals surface area contributed by atoms with E-state index in [-0.39, 0.29) is 10.8 Å². The summed E-state index contributed by atoms with van der Waals surface area (Å²) in [5, 5.41) is 0. The number of ether oxygens (including phenoxy) is 1. The number of morpholine rings is 1. The summed E-state index contributed by atoms with van der Waals surface area (Å²) < 4.78 is 7.76. The molecule has 1 saturated heterocycles. The average Bonchev–Trinajstić information content (AvgIpc) is 2.82. The lowest BCUT2D eigenvalue weighted by atomic mass is 10.2. The fourth-order valence-electron chi connectivity index (χ4n) is 2.51. The molecule has 0 aliphatic carbocycles. The second-order valence-corrected chi connectivity index (χ2v) is 5.81. The van der Waals surface area contributed by atoms with Gasteiger partial charge < -0.3 is 9.64 Å². The van der Waals surface area contributed by atoms with Crippen LogP contribution in [-0.2, 0) is 9.53 Å². The van der Waals surface area contributed by atoms with Crippen molar-refractivity contribution in [1.29, 1.82) is 0 Å². The maximum Gasteiger partial charge on any atom is 0.308 e. The molecule has 0 spiro atoms. The summed E-state index contributed by atoms with van der Waals surface area (Å²) in [6.45, 7) is 4.12. The van der Waals surface area contributed by atoms with Gasteiger partial charge in [0.25, 0.3) is 0 Å². The summed E-state index contributed by atoms with van der Waals surface area (Å²) in [5.41, 5.74) is 0.830. The topological polar surface area (TPSA) is 51.5 Å². The van der Waals surface area contributed by atoms with Crippen molar-refractivity contribution in [3.8, 4) is 0 Å². The van der Waals surface area contributed by atoms with Crippen molar-refractivity contribution in [1.82, 2.24) is 9.47 Å². The minimum absolute atomic E-state index is 0.0149. The van der Waals surface area contributed by atoms with Gasteiger partial charge in [0, 0.05) is 13.1 Å². The highest BCUT2D eigenvalue weighted by Crippen LogP contribution is 2.21. The number of carbonyl (C=O) groups excluding carboxylic acids is 1. The quantitative estimate of drug-likeness (QED) is 0.842. The average molecular weight is 292 g/mol. The van der Waals surface area contributed by atoms with Crippen LogP contribution in [0.3, 0.4) is 0 Å². The number of hydrogen-bond donors (Lipinski definition) is 0. The molecule has 0 radical (unpaired) electrons. The van der Waals surface area contributed by atoms with E-state index in [1.54, 1.807) is 16.4 Å². The van der Waals surface area contributed by atoms with Gasteiger partial charge in [-0.15, -0.1) is 0 Å². The number of aromatic nitrogens is 1. The van der Waals surface area contributed by atoms with Crippen molar-refractivity contribution in [2.75, 3.05) is 26.3 Å². The number of benzene rings is 1. The van der Waals surface area contributed by atoms with E-state index in [1.807, 2.05) is 24.3 Å². The minimum atomic E-state index is -0.475. The summed E-state index contributed by atoms with van der Waals surface area (Å²) in [7, 11) is 0. The number of nitrogens with zero attached hydrogens (tertiary/aromatic N) is 2. The van der Waals surface area contributed by atoms with E-state index in [9.17, 15) is 9.59 Å². The lowest BCUT2D eigenvalue weighted by Gasteiger charge is -2.29. The Kier molecular flexibility index (Phi) is 3.58. The Morgan fingerprint density at radius 1 is 1.30 bits per heavy atom. The highest BCUT2D eigenvalue weighted by atomic mass is 32.1. The number of hydrogen-bond acceptors (Lipinski definition) is 4. The molecule has 2 aromatic rings. The smallest absolute Gasteiger partial charge is 0.308 e. The van der Waals surface area contributed by atoms with Crippen LogP contribution in [0.2, 0.25) is 0 Å². The molecule has 20 heavy (non-hydrogen) atoms. The number of carbonyl (C=O) groups is 1. The molecule has 0 bridgehead atoms. The molecule has 2 heterocycles. The molecule has 1 unspecified atom stereocenters. The molecule has 6 heteroatoms. The maximum atomic E-state index is 12.5. The zero-order valence-corrected chi connectivity index (χ0v) is 12.1. The number of rotatable bonds is 2. The molecule has 0 saturated carbocycles. The molecular formula is C14H16N2O3S. The van der Waals surface area contributed by atoms with E-state index >= 15 is 0 Å². The normalized spacial score (nSPS) is 17.4. The van der Waals surface area contributed by atoms with Gasteiger partial charge in [-0.3, -0.25) is 14.2 Å². The van der Waals surface area contributed by atoms with Crippen molar-refractivity contribution < 1.29 is 9.53 Å². The van der Waals surface area contributed by atoms with Gasteiger partial charge >= 0.3 is 4.87 Å². The predicted octanol–water partition coefficient (Wildman–Crippen LogP) is 1.48. The third-order valence-corrected chi connectivity index (χ3v) is 4.52. The second-order valence-electron chi connectivity index (χ2n) is 4.82. The maximum absolute atomic E-state index is 12.5. The first-order valence-corrected chi connectivity index (χ1v) is 7.47. The molecule has 106 valence electrons. The van der Waals surface area contributed by atoms with Crippen LogP contribution in [-0.4, -0.2) is 41.7 Å². The monoisotopic (exact) mass is 292 g/mol. The third-order valence-electron chi connectivity index (χ3n) is 3.59. The van der Waals surface area contributed by atoms with E-state index in [0.29, 0.717) is 26.3 Å². The van der Waals surface area contributed by atoms with Crippen molar-refractivity contribution in [3.05, 3.63) is 33.9 Å². The van der Waals surface area contributed by atoms with Gasteiger partial charge in [0.1, 0.15) is 6.04 Å². The SMILES string of the molecule is CC(C(=O)N1CCOCC1)n1c(=O)sc2ccccc21. The van der Waals surface area contributed by atoms with Gasteiger partial charge in [-0.1, -0.05) is 23.5 Å². The molecule has 1 aromatic carbocycles. The van der Waals surface area contributed by atoms with Gasteiger partial charge in [0.05, 0.1) is 23.4 Å². The van der Waals surface area contributed by atoms with Crippen LogP contribution < -0.4 is 4.87 Å². The summed E-state index contributed by atoms with van der Waals surface area (Å²) in [4.78, 5) is 26.3. The summed E-state index contributed by atoms with van der Waals surface area (Å²) in [6, 6.07) is 7.10. The fraction of sp³-hybridized carbons (Fsp3) is 0.429. The van der Waals surface area contributed by atoms with Gasteiger partial charge in [-0.2, -0.15) is 0 Å². The molecule has 1 atom stereocenters. The molecule has 1 aliphatic heterocycles. The Bertz CT molecular complexity index is 685. The van der Waals surface area contributed by atoms with Gasteiger partial charge in [-0.25, -0.2) is 0 Å². The van der Waals surface area contributed by atoms with E-state index in [0.717, 1.165) is 10.2 Å². The summed E-state index contributed by atoms with van der Waals surface area (Å²) >= 11 is 1.18. The zero-order valence-electron chi connectivity index (χ0n) is 11.2. The van der Waals surface area contributed by atoms with Crippen LogP contribution in [0.4, 0.5) is 0 Å². The largest absolute Gasteiger partial charge is 0.378 e. The van der Waals surface area contributed by atoms with E-state index in [1.165, 1.54) is 11.3 Å². The van der Waals surface area contributed by atoms with E-state index in [2.05, 4.69) is 0 Å². The van der Waals surface area contributed by atoms with Crippen molar-refractivity contribution in [2.45, 2.75) is 13.0 Å². The predicted molar refractivity (Wildman–Crippen MR) is 78.2 cm³/mol. The molecular weight excluding hydrogens is 276 g/mol. The van der Waals surface area contributed by atoms with Crippen LogP contribution in [0.5, 0.6) is 0 Å². The summed E-state index contributed by atoms with van der Waals surface area (Å²) in [6.07, 6.45) is 0. The Morgan fingerprint density at radius 3 is 2.75 bits per heavy atom. The van der Waals surface area contributed by atoms with Crippen LogP contribution >= 0.6 is 11.3 Å². The highest BCUT2D eigenvalue weighted by molar-refractivity contribution is 7.16. The van der Waals surface area contributed by atoms with Gasteiger partial charge in [0.2, 0.25) is 5.91 Å². The summed E-state index contributed by atoms with van der Waals surface area (Å²) in [5.74, 6) is -0.0149. The lowest BCUT2D eigenvalue weighted by Crippen LogP contribution is -2.44. The molecule has 1 fully saturated rings. The van der Waals surface area contributed by atoms with Crippen molar-refractivity contribution >= 4 is 27.5 Å². The Morgan fingerprint density at radius 2 is 2.00 bits per heavy atom. The van der Waals surface area contributed by atoms with Crippen molar-refractivity contribution in [3.63, 3.8) is 0 Å². The van der Waals surface area contributed by atoms with E-state index in [4.69, 9.17) is 4.74 Å².